The largest absolute Gasteiger partial charge is 0.300 e. The molecule has 2 unspecified atom stereocenters. The van der Waals surface area contributed by atoms with Crippen LogP contribution < -0.4 is 5.32 Å². The number of rotatable bonds is 6. The molecule has 1 aliphatic heterocycles. The van der Waals surface area contributed by atoms with E-state index in [1.54, 1.807) is 18.2 Å². The van der Waals surface area contributed by atoms with Gasteiger partial charge in [-0.1, -0.05) is 57.0 Å². The predicted octanol–water partition coefficient (Wildman–Crippen LogP) is 5.72. The molecule has 5 heteroatoms. The third-order valence-corrected chi connectivity index (χ3v) is 6.66. The van der Waals surface area contributed by atoms with Crippen molar-refractivity contribution in [3.8, 4) is 0 Å². The van der Waals surface area contributed by atoms with Crippen molar-refractivity contribution in [1.29, 1.82) is 0 Å². The van der Waals surface area contributed by atoms with E-state index in [9.17, 15) is 10.1 Å². The maximum absolute atomic E-state index is 11.3. The second-order valence-electron chi connectivity index (χ2n) is 6.99. The van der Waals surface area contributed by atoms with Crippen LogP contribution in [0.15, 0.2) is 53.4 Å². The van der Waals surface area contributed by atoms with Gasteiger partial charge in [0.2, 0.25) is 0 Å². The summed E-state index contributed by atoms with van der Waals surface area (Å²) in [5.74, 6) is 1.02. The van der Waals surface area contributed by atoms with Crippen LogP contribution in [0.4, 0.5) is 5.69 Å². The Balaban J connectivity index is 2.06. The van der Waals surface area contributed by atoms with Gasteiger partial charge in [-0.3, -0.25) is 15.4 Å². The van der Waals surface area contributed by atoms with Gasteiger partial charge in [-0.2, -0.15) is 0 Å². The van der Waals surface area contributed by atoms with Crippen molar-refractivity contribution in [3.05, 3.63) is 69.8 Å². The van der Waals surface area contributed by atoms with Crippen molar-refractivity contribution in [2.45, 2.75) is 56.0 Å². The van der Waals surface area contributed by atoms with Crippen LogP contribution in [0.5, 0.6) is 0 Å². The minimum atomic E-state index is -0.314. The number of nitro groups is 1. The zero-order valence-electron chi connectivity index (χ0n) is 15.4. The van der Waals surface area contributed by atoms with Crippen molar-refractivity contribution in [2.24, 2.45) is 0 Å². The summed E-state index contributed by atoms with van der Waals surface area (Å²) in [5, 5.41) is 15.2. The number of fused-ring (bicyclic) bond motifs is 1. The second kappa shape index (κ2) is 8.23. The van der Waals surface area contributed by atoms with Gasteiger partial charge in [-0.25, -0.2) is 0 Å². The molecule has 0 aromatic heterocycles. The number of hydrogen-bond donors (Lipinski definition) is 1. The van der Waals surface area contributed by atoms with Crippen molar-refractivity contribution in [1.82, 2.24) is 5.32 Å². The third kappa shape index (κ3) is 3.94. The summed E-state index contributed by atoms with van der Waals surface area (Å²) in [5.41, 5.74) is 2.36. The number of nitrogens with one attached hydrogen (secondary N) is 1. The van der Waals surface area contributed by atoms with E-state index in [-0.39, 0.29) is 22.2 Å². The van der Waals surface area contributed by atoms with Gasteiger partial charge in [0, 0.05) is 28.3 Å². The summed E-state index contributed by atoms with van der Waals surface area (Å²) in [4.78, 5) is 12.2. The maximum atomic E-state index is 11.3. The molecule has 138 valence electrons. The number of unbranched alkanes of at least 4 members (excludes halogenated alkanes) is 1. The number of benzene rings is 2. The lowest BCUT2D eigenvalue weighted by Gasteiger charge is -2.36. The van der Waals surface area contributed by atoms with Crippen LogP contribution in [-0.2, 0) is 0 Å². The Hall–Kier alpha value is -1.85. The minimum absolute atomic E-state index is 0.0297. The van der Waals surface area contributed by atoms with Crippen molar-refractivity contribution in [3.63, 3.8) is 0 Å². The standard InChI is InChI=1S/C21H26N2O2S/c1-3-5-13-21(4-2)15-26-19-12-7-6-11-18(19)20(22-21)16-9-8-10-17(14-16)23(24)25/h6-12,14,20,22H,3-5,13,15H2,1-2H3. The molecule has 1 aliphatic rings. The first-order chi connectivity index (χ1) is 12.6. The molecular formula is C21H26N2O2S. The summed E-state index contributed by atoms with van der Waals surface area (Å²) in [6.45, 7) is 4.46. The monoisotopic (exact) mass is 370 g/mol. The van der Waals surface area contributed by atoms with Crippen molar-refractivity contribution < 1.29 is 4.92 Å². The number of nitrogens with zero attached hydrogens (tertiary/aromatic N) is 1. The van der Waals surface area contributed by atoms with E-state index in [4.69, 9.17) is 0 Å². The number of non-ortho nitro benzene ring substituents is 1. The quantitative estimate of drug-likeness (QED) is 0.522. The van der Waals surface area contributed by atoms with E-state index in [2.05, 4.69) is 43.4 Å². The summed E-state index contributed by atoms with van der Waals surface area (Å²) < 4.78 is 0. The molecule has 1 N–H and O–H groups in total. The molecular weight excluding hydrogens is 344 g/mol. The van der Waals surface area contributed by atoms with Gasteiger partial charge in [-0.05, 0) is 30.0 Å². The first-order valence-electron chi connectivity index (χ1n) is 9.32. The zero-order chi connectivity index (χ0) is 18.6. The summed E-state index contributed by atoms with van der Waals surface area (Å²) in [7, 11) is 0. The Morgan fingerprint density at radius 2 is 2.04 bits per heavy atom. The molecule has 2 aromatic carbocycles. The third-order valence-electron chi connectivity index (χ3n) is 5.28. The highest BCUT2D eigenvalue weighted by Gasteiger charge is 2.35. The maximum Gasteiger partial charge on any atom is 0.269 e. The van der Waals surface area contributed by atoms with Gasteiger partial charge in [0.15, 0.2) is 0 Å². The fraction of sp³-hybridized carbons (Fsp3) is 0.429. The Kier molecular flexibility index (Phi) is 5.99. The molecule has 0 saturated carbocycles. The van der Waals surface area contributed by atoms with E-state index in [0.717, 1.165) is 24.2 Å². The molecule has 0 fully saturated rings. The molecule has 0 aliphatic carbocycles. The Labute approximate surface area is 159 Å². The number of nitro benzene ring substituents is 1. The molecule has 0 amide bonds. The van der Waals surface area contributed by atoms with Crippen LogP contribution in [0.2, 0.25) is 0 Å². The summed E-state index contributed by atoms with van der Waals surface area (Å²) in [6, 6.07) is 15.5. The molecule has 0 spiro atoms. The molecule has 0 bridgehead atoms. The number of thioether (sulfide) groups is 1. The normalized spacial score (nSPS) is 22.5. The SMILES string of the molecule is CCCCC1(CC)CSc2ccccc2C(c2cccc([N+](=O)[O-])c2)N1. The topological polar surface area (TPSA) is 55.2 Å². The zero-order valence-corrected chi connectivity index (χ0v) is 16.2. The van der Waals surface area contributed by atoms with E-state index < -0.39 is 0 Å². The predicted molar refractivity (Wildman–Crippen MR) is 108 cm³/mol. The van der Waals surface area contributed by atoms with Gasteiger partial charge in [0.1, 0.15) is 0 Å². The first kappa shape index (κ1) is 18.9. The summed E-state index contributed by atoms with van der Waals surface area (Å²) in [6.07, 6.45) is 4.51. The van der Waals surface area contributed by atoms with Crippen LogP contribution >= 0.6 is 11.8 Å². The molecule has 26 heavy (non-hydrogen) atoms. The van der Waals surface area contributed by atoms with Gasteiger partial charge in [0.25, 0.3) is 5.69 Å². The van der Waals surface area contributed by atoms with E-state index in [0.29, 0.717) is 0 Å². The van der Waals surface area contributed by atoms with E-state index in [1.165, 1.54) is 23.3 Å². The smallest absolute Gasteiger partial charge is 0.269 e. The van der Waals surface area contributed by atoms with Crippen LogP contribution in [0, 0.1) is 10.1 Å². The fourth-order valence-corrected chi connectivity index (χ4v) is 5.00. The highest BCUT2D eigenvalue weighted by Crippen LogP contribution is 2.41. The van der Waals surface area contributed by atoms with Crippen LogP contribution in [0.3, 0.4) is 0 Å². The second-order valence-corrected chi connectivity index (χ2v) is 8.01. The van der Waals surface area contributed by atoms with Crippen LogP contribution in [0.1, 0.15) is 56.7 Å². The molecule has 0 saturated heterocycles. The molecule has 2 atom stereocenters. The first-order valence-corrected chi connectivity index (χ1v) is 10.3. The van der Waals surface area contributed by atoms with Gasteiger partial charge >= 0.3 is 0 Å². The minimum Gasteiger partial charge on any atom is -0.300 e. The van der Waals surface area contributed by atoms with Crippen molar-refractivity contribution in [2.75, 3.05) is 5.75 Å². The fourth-order valence-electron chi connectivity index (χ4n) is 3.61. The van der Waals surface area contributed by atoms with Gasteiger partial charge in [0.05, 0.1) is 11.0 Å². The Bertz CT molecular complexity index is 780. The van der Waals surface area contributed by atoms with Gasteiger partial charge in [-0.15, -0.1) is 11.8 Å². The van der Waals surface area contributed by atoms with E-state index in [1.807, 2.05) is 17.8 Å². The molecule has 3 rings (SSSR count). The lowest BCUT2D eigenvalue weighted by molar-refractivity contribution is -0.384. The molecule has 0 radical (unpaired) electrons. The highest BCUT2D eigenvalue weighted by molar-refractivity contribution is 7.99. The lowest BCUT2D eigenvalue weighted by Crippen LogP contribution is -2.48. The average Bonchev–Trinajstić information content (AvgIpc) is 2.84. The molecule has 2 aromatic rings. The van der Waals surface area contributed by atoms with E-state index >= 15 is 0 Å². The number of hydrogen-bond acceptors (Lipinski definition) is 4. The highest BCUT2D eigenvalue weighted by atomic mass is 32.2. The van der Waals surface area contributed by atoms with Gasteiger partial charge < -0.3 is 0 Å². The lowest BCUT2D eigenvalue weighted by atomic mass is 9.88. The summed E-state index contributed by atoms with van der Waals surface area (Å²) >= 11 is 1.90. The Morgan fingerprint density at radius 3 is 2.77 bits per heavy atom. The average molecular weight is 371 g/mol. The van der Waals surface area contributed by atoms with Crippen LogP contribution in [-0.4, -0.2) is 16.2 Å². The molecule has 1 heterocycles. The van der Waals surface area contributed by atoms with Crippen molar-refractivity contribution >= 4 is 17.4 Å². The van der Waals surface area contributed by atoms with Crippen LogP contribution in [0.25, 0.3) is 0 Å². The molecule has 4 nitrogen and oxygen atoms in total. The Morgan fingerprint density at radius 1 is 1.23 bits per heavy atom.